The van der Waals surface area contributed by atoms with Crippen molar-refractivity contribution >= 4 is 11.5 Å². The second-order valence-corrected chi connectivity index (χ2v) is 9.02. The van der Waals surface area contributed by atoms with E-state index in [1.807, 2.05) is 6.08 Å². The standard InChI is InChI=1S/C29H20F5N3O2/c30-24-8-6-18(12-25(24)31)16-37-10-2-5-22(28(37)39)27(38)36-14-17-3-1-4-19(11-17)21-7-9-26-23(21)13-20(15-35-26)29(32,33)34/h1-8,10-13,15H,9,14,16H2,(H,36,38). The third-order valence-corrected chi connectivity index (χ3v) is 6.38. The van der Waals surface area contributed by atoms with Gasteiger partial charge < -0.3 is 9.88 Å². The van der Waals surface area contributed by atoms with Gasteiger partial charge in [-0.25, -0.2) is 8.78 Å². The Morgan fingerprint density at radius 1 is 0.974 bits per heavy atom. The summed E-state index contributed by atoms with van der Waals surface area (Å²) in [6.45, 7) is 0.00581. The van der Waals surface area contributed by atoms with Crippen LogP contribution in [0.5, 0.6) is 0 Å². The quantitative estimate of drug-likeness (QED) is 0.330. The lowest BCUT2D eigenvalue weighted by atomic mass is 9.98. The molecule has 1 aliphatic carbocycles. The van der Waals surface area contributed by atoms with Crippen molar-refractivity contribution in [2.75, 3.05) is 0 Å². The normalized spacial score (nSPS) is 12.7. The molecule has 198 valence electrons. The first-order valence-electron chi connectivity index (χ1n) is 11.9. The highest BCUT2D eigenvalue weighted by Gasteiger charge is 2.32. The highest BCUT2D eigenvalue weighted by Crippen LogP contribution is 2.36. The van der Waals surface area contributed by atoms with Gasteiger partial charge in [0, 0.05) is 30.9 Å². The van der Waals surface area contributed by atoms with Crippen molar-refractivity contribution in [1.29, 1.82) is 0 Å². The zero-order valence-electron chi connectivity index (χ0n) is 20.2. The predicted molar refractivity (Wildman–Crippen MR) is 134 cm³/mol. The minimum Gasteiger partial charge on any atom is -0.348 e. The molecule has 2 aromatic heterocycles. The first-order valence-corrected chi connectivity index (χ1v) is 11.9. The summed E-state index contributed by atoms with van der Waals surface area (Å²) in [6.07, 6.45) is -0.0102. The number of carbonyl (C=O) groups excluding carboxylic acids is 1. The van der Waals surface area contributed by atoms with Crippen molar-refractivity contribution in [1.82, 2.24) is 14.9 Å². The van der Waals surface area contributed by atoms with Crippen LogP contribution in [0.3, 0.4) is 0 Å². The SMILES string of the molecule is O=C(NCc1cccc(C2=CCc3ncc(C(F)(F)F)cc32)c1)c1cccn(Cc2ccc(F)c(F)c2)c1=O. The number of nitrogens with one attached hydrogen (secondary N) is 1. The number of alkyl halides is 3. The van der Waals surface area contributed by atoms with Crippen molar-refractivity contribution < 1.29 is 26.7 Å². The van der Waals surface area contributed by atoms with E-state index in [0.29, 0.717) is 39.9 Å². The van der Waals surface area contributed by atoms with E-state index in [1.165, 1.54) is 29.0 Å². The first kappa shape index (κ1) is 26.0. The molecule has 0 aliphatic heterocycles. The zero-order valence-corrected chi connectivity index (χ0v) is 20.2. The summed E-state index contributed by atoms with van der Waals surface area (Å²) >= 11 is 0. The molecule has 2 aromatic carbocycles. The van der Waals surface area contributed by atoms with Crippen LogP contribution in [-0.2, 0) is 25.7 Å². The molecule has 5 rings (SSSR count). The van der Waals surface area contributed by atoms with Gasteiger partial charge in [0.1, 0.15) is 5.56 Å². The fraction of sp³-hybridized carbons (Fsp3) is 0.138. The summed E-state index contributed by atoms with van der Waals surface area (Å²) in [6, 6.07) is 14.3. The second kappa shape index (κ2) is 10.3. The Bertz CT molecular complexity index is 1670. The number of hydrogen-bond donors (Lipinski definition) is 1. The molecule has 0 bridgehead atoms. The van der Waals surface area contributed by atoms with Gasteiger partial charge in [-0.2, -0.15) is 13.2 Å². The van der Waals surface area contributed by atoms with Crippen molar-refractivity contribution in [3.05, 3.63) is 140 Å². The molecule has 39 heavy (non-hydrogen) atoms. The van der Waals surface area contributed by atoms with Gasteiger partial charge in [-0.3, -0.25) is 14.6 Å². The average Bonchev–Trinajstić information content (AvgIpc) is 3.34. The Balaban J connectivity index is 1.31. The lowest BCUT2D eigenvalue weighted by Gasteiger charge is -2.12. The molecule has 0 spiro atoms. The van der Waals surface area contributed by atoms with Gasteiger partial charge in [0.15, 0.2) is 11.6 Å². The molecule has 5 nitrogen and oxygen atoms in total. The van der Waals surface area contributed by atoms with E-state index in [2.05, 4.69) is 10.3 Å². The van der Waals surface area contributed by atoms with Crippen LogP contribution in [0.15, 0.2) is 83.9 Å². The zero-order chi connectivity index (χ0) is 27.7. The Hall–Kier alpha value is -4.60. The molecule has 1 N–H and O–H groups in total. The molecular weight excluding hydrogens is 517 g/mol. The van der Waals surface area contributed by atoms with Crippen molar-refractivity contribution in [2.45, 2.75) is 25.7 Å². The van der Waals surface area contributed by atoms with E-state index in [-0.39, 0.29) is 18.7 Å². The van der Waals surface area contributed by atoms with Crippen LogP contribution in [0.4, 0.5) is 22.0 Å². The lowest BCUT2D eigenvalue weighted by Crippen LogP contribution is -2.32. The molecule has 0 unspecified atom stereocenters. The van der Waals surface area contributed by atoms with Crippen LogP contribution in [-0.4, -0.2) is 15.5 Å². The number of halogens is 5. The molecule has 0 fully saturated rings. The lowest BCUT2D eigenvalue weighted by molar-refractivity contribution is -0.137. The highest BCUT2D eigenvalue weighted by molar-refractivity contribution is 5.93. The maximum atomic E-state index is 13.5. The van der Waals surface area contributed by atoms with Gasteiger partial charge in [0.2, 0.25) is 0 Å². The van der Waals surface area contributed by atoms with Gasteiger partial charge in [-0.1, -0.05) is 30.3 Å². The van der Waals surface area contributed by atoms with Crippen molar-refractivity contribution in [3.63, 3.8) is 0 Å². The van der Waals surface area contributed by atoms with Crippen LogP contribution in [0, 0.1) is 11.6 Å². The molecule has 0 atom stereocenters. The molecule has 1 aliphatic rings. The number of benzene rings is 2. The highest BCUT2D eigenvalue weighted by atomic mass is 19.4. The van der Waals surface area contributed by atoms with Gasteiger partial charge in [0.05, 0.1) is 17.8 Å². The molecule has 4 aromatic rings. The van der Waals surface area contributed by atoms with Crippen LogP contribution in [0.2, 0.25) is 0 Å². The topological polar surface area (TPSA) is 64.0 Å². The number of fused-ring (bicyclic) bond motifs is 1. The monoisotopic (exact) mass is 537 g/mol. The first-order chi connectivity index (χ1) is 18.6. The van der Waals surface area contributed by atoms with E-state index in [1.54, 1.807) is 24.3 Å². The Labute approximate surface area is 219 Å². The summed E-state index contributed by atoms with van der Waals surface area (Å²) < 4.78 is 67.6. The van der Waals surface area contributed by atoms with Crippen molar-refractivity contribution in [3.8, 4) is 0 Å². The number of pyridine rings is 2. The van der Waals surface area contributed by atoms with Gasteiger partial charge in [-0.05, 0) is 58.7 Å². The number of amides is 1. The van der Waals surface area contributed by atoms with Crippen LogP contribution < -0.4 is 10.9 Å². The average molecular weight is 537 g/mol. The molecular formula is C29H20F5N3O2. The number of rotatable bonds is 6. The summed E-state index contributed by atoms with van der Waals surface area (Å²) in [4.78, 5) is 29.7. The maximum absolute atomic E-state index is 13.5. The third-order valence-electron chi connectivity index (χ3n) is 6.38. The fourth-order valence-electron chi connectivity index (χ4n) is 4.42. The van der Waals surface area contributed by atoms with Crippen LogP contribution in [0.1, 0.15) is 43.9 Å². The molecule has 2 heterocycles. The minimum absolute atomic E-state index is 0.0549. The molecule has 0 saturated heterocycles. The maximum Gasteiger partial charge on any atom is 0.417 e. The number of hydrogen-bond acceptors (Lipinski definition) is 3. The summed E-state index contributed by atoms with van der Waals surface area (Å²) in [5, 5.41) is 2.69. The minimum atomic E-state index is -4.51. The number of aromatic nitrogens is 2. The Morgan fingerprint density at radius 2 is 1.79 bits per heavy atom. The van der Waals surface area contributed by atoms with Crippen LogP contribution in [0.25, 0.3) is 5.57 Å². The van der Waals surface area contributed by atoms with E-state index < -0.39 is 34.8 Å². The van der Waals surface area contributed by atoms with E-state index in [4.69, 9.17) is 0 Å². The summed E-state index contributed by atoms with van der Waals surface area (Å²) in [7, 11) is 0. The Kier molecular flexibility index (Phi) is 6.86. The Morgan fingerprint density at radius 3 is 2.56 bits per heavy atom. The number of nitrogens with zero attached hydrogens (tertiary/aromatic N) is 2. The van der Waals surface area contributed by atoms with E-state index in [9.17, 15) is 31.5 Å². The van der Waals surface area contributed by atoms with Gasteiger partial charge in [0.25, 0.3) is 11.5 Å². The van der Waals surface area contributed by atoms with Gasteiger partial charge >= 0.3 is 6.18 Å². The summed E-state index contributed by atoms with van der Waals surface area (Å²) in [5.41, 5.74) is 1.74. The van der Waals surface area contributed by atoms with Crippen LogP contribution >= 0.6 is 0 Å². The third kappa shape index (κ3) is 5.50. The predicted octanol–water partition coefficient (Wildman–Crippen LogP) is 5.51. The largest absolute Gasteiger partial charge is 0.417 e. The second-order valence-electron chi connectivity index (χ2n) is 9.02. The fourth-order valence-corrected chi connectivity index (χ4v) is 4.42. The van der Waals surface area contributed by atoms with E-state index >= 15 is 0 Å². The van der Waals surface area contributed by atoms with Crippen molar-refractivity contribution in [2.24, 2.45) is 0 Å². The molecule has 10 heteroatoms. The molecule has 0 radical (unpaired) electrons. The molecule has 0 saturated carbocycles. The number of carbonyl (C=O) groups is 1. The summed E-state index contributed by atoms with van der Waals surface area (Å²) in [5.74, 6) is -2.67. The van der Waals surface area contributed by atoms with Gasteiger partial charge in [-0.15, -0.1) is 0 Å². The van der Waals surface area contributed by atoms with E-state index in [0.717, 1.165) is 24.4 Å². The molecule has 1 amide bonds. The number of allylic oxidation sites excluding steroid dienone is 1. The smallest absolute Gasteiger partial charge is 0.348 e.